The largest absolute Gasteiger partial charge is 0.352 e. The van der Waals surface area contributed by atoms with Crippen LogP contribution in [0.5, 0.6) is 0 Å². The summed E-state index contributed by atoms with van der Waals surface area (Å²) in [7, 11) is 1.78. The second-order valence-electron chi connectivity index (χ2n) is 2.74. The molecule has 6 heteroatoms. The smallest absolute Gasteiger partial charge is 0.241 e. The quantitative estimate of drug-likeness (QED) is 0.913. The lowest BCUT2D eigenvalue weighted by atomic mass is 10.5. The fourth-order valence-electron chi connectivity index (χ4n) is 0.798. The van der Waals surface area contributed by atoms with E-state index in [-0.39, 0.29) is 5.91 Å². The molecule has 0 unspecified atom stereocenters. The number of carbonyl (C=O) groups excluding carboxylic acids is 1. The molecule has 1 aromatic rings. The second kappa shape index (κ2) is 5.31. The van der Waals surface area contributed by atoms with Crippen LogP contribution in [0.2, 0.25) is 0 Å². The van der Waals surface area contributed by atoms with E-state index in [0.29, 0.717) is 6.54 Å². The zero-order chi connectivity index (χ0) is 10.6. The van der Waals surface area contributed by atoms with Gasteiger partial charge in [0.15, 0.2) is 5.13 Å². The lowest BCUT2D eigenvalue weighted by Gasteiger charge is -2.14. The molecule has 0 bridgehead atoms. The third kappa shape index (κ3) is 3.26. The summed E-state index contributed by atoms with van der Waals surface area (Å²) in [5, 5.41) is 5.60. The van der Waals surface area contributed by atoms with Gasteiger partial charge in [0, 0.05) is 19.0 Å². The van der Waals surface area contributed by atoms with Crippen LogP contribution in [0.1, 0.15) is 6.92 Å². The van der Waals surface area contributed by atoms with Crippen molar-refractivity contribution in [1.29, 1.82) is 0 Å². The zero-order valence-corrected chi connectivity index (χ0v) is 10.5. The maximum Gasteiger partial charge on any atom is 0.241 e. The highest BCUT2D eigenvalue weighted by molar-refractivity contribution is 9.10. The number of aromatic nitrogens is 1. The predicted octanol–water partition coefficient (Wildman–Crippen LogP) is 1.80. The van der Waals surface area contributed by atoms with E-state index >= 15 is 0 Å². The number of anilines is 1. The minimum absolute atomic E-state index is 0.0684. The molecule has 0 atom stereocenters. The van der Waals surface area contributed by atoms with Crippen LogP contribution < -0.4 is 5.32 Å². The predicted molar refractivity (Wildman–Crippen MR) is 61.6 cm³/mol. The molecule has 0 aliphatic heterocycles. The molecule has 78 valence electrons. The lowest BCUT2D eigenvalue weighted by Crippen LogP contribution is -2.31. The first kappa shape index (κ1) is 11.5. The average molecular weight is 278 g/mol. The van der Waals surface area contributed by atoms with Crippen LogP contribution in [0.15, 0.2) is 9.98 Å². The van der Waals surface area contributed by atoms with Crippen molar-refractivity contribution in [2.24, 2.45) is 0 Å². The van der Waals surface area contributed by atoms with Crippen LogP contribution in [0.3, 0.4) is 0 Å². The van der Waals surface area contributed by atoms with Gasteiger partial charge in [0.05, 0.1) is 6.54 Å². The Kier molecular flexibility index (Phi) is 4.34. The Hall–Kier alpha value is -0.620. The molecule has 0 aliphatic carbocycles. The molecule has 0 saturated carbocycles. The summed E-state index contributed by atoms with van der Waals surface area (Å²) >= 11 is 4.72. The molecule has 0 aliphatic rings. The van der Waals surface area contributed by atoms with Crippen molar-refractivity contribution < 1.29 is 4.79 Å². The van der Waals surface area contributed by atoms with Crippen LogP contribution in [0.4, 0.5) is 5.13 Å². The number of rotatable bonds is 4. The summed E-state index contributed by atoms with van der Waals surface area (Å²) in [5.41, 5.74) is 0. The maximum absolute atomic E-state index is 11.4. The third-order valence-corrected chi connectivity index (χ3v) is 3.28. The van der Waals surface area contributed by atoms with Gasteiger partial charge in [-0.2, -0.15) is 0 Å². The first-order valence-corrected chi connectivity index (χ1v) is 5.89. The highest BCUT2D eigenvalue weighted by Crippen LogP contribution is 2.18. The van der Waals surface area contributed by atoms with Crippen LogP contribution in [0.25, 0.3) is 0 Å². The molecule has 0 aromatic carbocycles. The molecule has 0 saturated heterocycles. The monoisotopic (exact) mass is 277 g/mol. The molecule has 4 nitrogen and oxygen atoms in total. The summed E-state index contributed by atoms with van der Waals surface area (Å²) in [6.45, 7) is 2.96. The first-order valence-electron chi connectivity index (χ1n) is 4.22. The zero-order valence-electron chi connectivity index (χ0n) is 8.08. The molecule has 0 spiro atoms. The number of likely N-dealkylation sites (N-methyl/N-ethyl adjacent to an activating group) is 1. The van der Waals surface area contributed by atoms with Gasteiger partial charge in [-0.25, -0.2) is 4.98 Å². The lowest BCUT2D eigenvalue weighted by molar-refractivity contribution is -0.127. The van der Waals surface area contributed by atoms with Crippen LogP contribution in [0, 0.1) is 0 Å². The van der Waals surface area contributed by atoms with Gasteiger partial charge in [-0.15, -0.1) is 11.3 Å². The number of nitrogens with zero attached hydrogens (tertiary/aromatic N) is 2. The molecular formula is C8H12BrN3OS. The molecule has 0 radical (unpaired) electrons. The van der Waals surface area contributed by atoms with Gasteiger partial charge in [0.25, 0.3) is 0 Å². The molecular weight excluding hydrogens is 266 g/mol. The minimum atomic E-state index is 0.0684. The number of thiazole rings is 1. The van der Waals surface area contributed by atoms with Crippen molar-refractivity contribution in [3.63, 3.8) is 0 Å². The van der Waals surface area contributed by atoms with E-state index in [1.807, 2.05) is 12.3 Å². The Bertz CT molecular complexity index is 315. The van der Waals surface area contributed by atoms with Crippen molar-refractivity contribution in [3.05, 3.63) is 9.98 Å². The molecule has 1 amide bonds. The number of nitrogens with one attached hydrogen (secondary N) is 1. The Morgan fingerprint density at radius 2 is 2.50 bits per heavy atom. The van der Waals surface area contributed by atoms with E-state index in [9.17, 15) is 4.79 Å². The minimum Gasteiger partial charge on any atom is -0.352 e. The first-order chi connectivity index (χ1) is 6.63. The second-order valence-corrected chi connectivity index (χ2v) is 4.41. The van der Waals surface area contributed by atoms with Gasteiger partial charge in [-0.3, -0.25) is 4.79 Å². The fourth-order valence-corrected chi connectivity index (χ4v) is 1.94. The SMILES string of the molecule is CCN(C)C(=O)CNc1nc(Br)cs1. The van der Waals surface area contributed by atoms with Crippen LogP contribution in [-0.2, 0) is 4.79 Å². The van der Waals surface area contributed by atoms with Crippen LogP contribution in [-0.4, -0.2) is 35.9 Å². The van der Waals surface area contributed by atoms with Gasteiger partial charge < -0.3 is 10.2 Å². The van der Waals surface area contributed by atoms with E-state index in [0.717, 1.165) is 16.3 Å². The Morgan fingerprint density at radius 1 is 1.79 bits per heavy atom. The Labute approximate surface area is 95.5 Å². The van der Waals surface area contributed by atoms with Crippen molar-refractivity contribution in [2.75, 3.05) is 25.5 Å². The summed E-state index contributed by atoms with van der Waals surface area (Å²) in [4.78, 5) is 17.2. The Balaban J connectivity index is 2.37. The van der Waals surface area contributed by atoms with Gasteiger partial charge in [0.2, 0.25) is 5.91 Å². The fraction of sp³-hybridized carbons (Fsp3) is 0.500. The standard InChI is InChI=1S/C8H12BrN3OS/c1-3-12(2)7(13)4-10-8-11-6(9)5-14-8/h5H,3-4H2,1-2H3,(H,10,11). The van der Waals surface area contributed by atoms with E-state index in [1.54, 1.807) is 11.9 Å². The number of halogens is 1. The third-order valence-electron chi connectivity index (χ3n) is 1.77. The van der Waals surface area contributed by atoms with Crippen molar-refractivity contribution >= 4 is 38.3 Å². The molecule has 1 heterocycles. The number of amides is 1. The van der Waals surface area contributed by atoms with E-state index in [2.05, 4.69) is 26.2 Å². The van der Waals surface area contributed by atoms with Crippen molar-refractivity contribution in [2.45, 2.75) is 6.92 Å². The number of hydrogen-bond donors (Lipinski definition) is 1. The van der Waals surface area contributed by atoms with Crippen molar-refractivity contribution in [1.82, 2.24) is 9.88 Å². The summed E-state index contributed by atoms with van der Waals surface area (Å²) in [6, 6.07) is 0. The van der Waals surface area contributed by atoms with Gasteiger partial charge in [-0.05, 0) is 22.9 Å². The van der Waals surface area contributed by atoms with Gasteiger partial charge in [-0.1, -0.05) is 0 Å². The topological polar surface area (TPSA) is 45.2 Å². The van der Waals surface area contributed by atoms with E-state index < -0.39 is 0 Å². The number of carbonyl (C=O) groups is 1. The highest BCUT2D eigenvalue weighted by atomic mass is 79.9. The van der Waals surface area contributed by atoms with Gasteiger partial charge in [0.1, 0.15) is 4.60 Å². The molecule has 14 heavy (non-hydrogen) atoms. The van der Waals surface area contributed by atoms with Gasteiger partial charge >= 0.3 is 0 Å². The molecule has 1 aromatic heterocycles. The molecule has 1 N–H and O–H groups in total. The average Bonchev–Trinajstić information content (AvgIpc) is 2.59. The molecule has 1 rings (SSSR count). The summed E-state index contributed by atoms with van der Waals surface area (Å²) in [6.07, 6.45) is 0. The normalized spacial score (nSPS) is 9.93. The molecule has 0 fully saturated rings. The summed E-state index contributed by atoms with van der Waals surface area (Å²) in [5.74, 6) is 0.0684. The maximum atomic E-state index is 11.4. The van der Waals surface area contributed by atoms with Crippen LogP contribution >= 0.6 is 27.3 Å². The number of hydrogen-bond acceptors (Lipinski definition) is 4. The van der Waals surface area contributed by atoms with Crippen molar-refractivity contribution in [3.8, 4) is 0 Å². The highest BCUT2D eigenvalue weighted by Gasteiger charge is 2.06. The summed E-state index contributed by atoms with van der Waals surface area (Å²) < 4.78 is 0.793. The Morgan fingerprint density at radius 3 is 3.00 bits per heavy atom. The van der Waals surface area contributed by atoms with E-state index in [1.165, 1.54) is 11.3 Å². The van der Waals surface area contributed by atoms with E-state index in [4.69, 9.17) is 0 Å².